The van der Waals surface area contributed by atoms with Crippen molar-refractivity contribution < 1.29 is 8.42 Å². The van der Waals surface area contributed by atoms with Crippen LogP contribution in [0.1, 0.15) is 23.6 Å². The first-order valence-electron chi connectivity index (χ1n) is 7.26. The third kappa shape index (κ3) is 4.01. The van der Waals surface area contributed by atoms with Crippen molar-refractivity contribution in [3.05, 3.63) is 53.1 Å². The zero-order chi connectivity index (χ0) is 16.3. The Kier molecular flexibility index (Phi) is 4.76. The molecule has 2 aromatic carbocycles. The van der Waals surface area contributed by atoms with Crippen molar-refractivity contribution in [1.29, 1.82) is 0 Å². The molecule has 118 valence electrons. The lowest BCUT2D eigenvalue weighted by Gasteiger charge is -2.14. The summed E-state index contributed by atoms with van der Waals surface area (Å²) >= 11 is 0. The molecule has 0 amide bonds. The van der Waals surface area contributed by atoms with Crippen LogP contribution in [-0.4, -0.2) is 14.2 Å². The molecule has 5 heteroatoms. The average molecular weight is 318 g/mol. The van der Waals surface area contributed by atoms with E-state index in [9.17, 15) is 8.42 Å². The molecule has 0 aliphatic rings. The van der Waals surface area contributed by atoms with Crippen molar-refractivity contribution in [3.63, 3.8) is 0 Å². The minimum absolute atomic E-state index is 0.0642. The average Bonchev–Trinajstić information content (AvgIpc) is 2.44. The maximum absolute atomic E-state index is 11.5. The number of rotatable bonds is 5. The van der Waals surface area contributed by atoms with E-state index in [4.69, 9.17) is 0 Å². The highest BCUT2D eigenvalue weighted by molar-refractivity contribution is 7.92. The fourth-order valence-corrected chi connectivity index (χ4v) is 3.03. The Bertz CT molecular complexity index is 743. The van der Waals surface area contributed by atoms with Gasteiger partial charge in [0.15, 0.2) is 0 Å². The number of hydrogen-bond acceptors (Lipinski definition) is 3. The predicted molar refractivity (Wildman–Crippen MR) is 93.5 cm³/mol. The first-order valence-corrected chi connectivity index (χ1v) is 8.91. The molecule has 0 aliphatic heterocycles. The lowest BCUT2D eigenvalue weighted by atomic mass is 10.0. The Morgan fingerprint density at radius 3 is 1.91 bits per heavy atom. The molecule has 0 saturated carbocycles. The molecule has 0 aliphatic carbocycles. The van der Waals surface area contributed by atoms with Crippen molar-refractivity contribution in [1.82, 2.24) is 0 Å². The first kappa shape index (κ1) is 16.4. The van der Waals surface area contributed by atoms with Crippen molar-refractivity contribution >= 4 is 27.1 Å². The van der Waals surface area contributed by atoms with Gasteiger partial charge < -0.3 is 5.32 Å². The fourth-order valence-electron chi connectivity index (χ4n) is 2.39. The number of aryl methyl sites for hydroxylation is 3. The minimum atomic E-state index is -3.23. The van der Waals surface area contributed by atoms with E-state index in [0.29, 0.717) is 5.69 Å². The van der Waals surface area contributed by atoms with Gasteiger partial charge in [0.25, 0.3) is 0 Å². The summed E-state index contributed by atoms with van der Waals surface area (Å²) in [6.45, 7) is 7.85. The Balaban J connectivity index is 2.19. The van der Waals surface area contributed by atoms with Crippen molar-refractivity contribution in [2.45, 2.75) is 27.7 Å². The normalized spacial score (nSPS) is 11.3. The molecule has 0 saturated heterocycles. The van der Waals surface area contributed by atoms with Crippen LogP contribution < -0.4 is 10.0 Å². The third-order valence-corrected chi connectivity index (χ3v) is 4.79. The smallest absolute Gasteiger partial charge is 0.232 e. The molecule has 0 spiro atoms. The molecule has 0 fully saturated rings. The van der Waals surface area contributed by atoms with Crippen LogP contribution in [0, 0.1) is 20.8 Å². The van der Waals surface area contributed by atoms with Gasteiger partial charge in [-0.15, -0.1) is 0 Å². The number of anilines is 3. The fraction of sp³-hybridized carbons (Fsp3) is 0.294. The van der Waals surface area contributed by atoms with Gasteiger partial charge in [-0.3, -0.25) is 4.72 Å². The monoisotopic (exact) mass is 318 g/mol. The second kappa shape index (κ2) is 6.40. The lowest BCUT2D eigenvalue weighted by Crippen LogP contribution is -2.14. The molecular formula is C17H22N2O2S. The molecule has 2 rings (SSSR count). The van der Waals surface area contributed by atoms with E-state index in [2.05, 4.69) is 42.9 Å². The largest absolute Gasteiger partial charge is 0.355 e. The highest BCUT2D eigenvalue weighted by Crippen LogP contribution is 2.26. The van der Waals surface area contributed by atoms with Gasteiger partial charge in [-0.25, -0.2) is 8.42 Å². The van der Waals surface area contributed by atoms with Gasteiger partial charge in [-0.05, 0) is 63.1 Å². The Hall–Kier alpha value is -2.01. The molecule has 0 atom stereocenters. The van der Waals surface area contributed by atoms with E-state index in [1.165, 1.54) is 16.7 Å². The Morgan fingerprint density at radius 1 is 0.909 bits per heavy atom. The molecule has 0 radical (unpaired) electrons. The maximum Gasteiger partial charge on any atom is 0.232 e. The van der Waals surface area contributed by atoms with Gasteiger partial charge >= 0.3 is 0 Å². The van der Waals surface area contributed by atoms with Gasteiger partial charge in [0.05, 0.1) is 5.75 Å². The van der Waals surface area contributed by atoms with Gasteiger partial charge in [-0.1, -0.05) is 17.7 Å². The van der Waals surface area contributed by atoms with Gasteiger partial charge in [0, 0.05) is 17.1 Å². The zero-order valence-electron chi connectivity index (χ0n) is 13.4. The standard InChI is InChI=1S/C17H22N2O2S/c1-5-22(20,21)19-16-8-6-15(7-9-16)18-17-13(3)10-12(2)11-14(17)4/h6-11,18-19H,5H2,1-4H3. The van der Waals surface area contributed by atoms with E-state index < -0.39 is 10.0 Å². The number of hydrogen-bond donors (Lipinski definition) is 2. The number of nitrogens with one attached hydrogen (secondary N) is 2. The summed E-state index contributed by atoms with van der Waals surface area (Å²) in [5.41, 5.74) is 6.21. The van der Waals surface area contributed by atoms with Crippen LogP contribution in [0.5, 0.6) is 0 Å². The number of benzene rings is 2. The summed E-state index contributed by atoms with van der Waals surface area (Å²) in [5.74, 6) is 0.0642. The molecule has 0 unspecified atom stereocenters. The van der Waals surface area contributed by atoms with Crippen LogP contribution in [0.15, 0.2) is 36.4 Å². The Labute approximate surface area is 132 Å². The molecule has 0 aromatic heterocycles. The highest BCUT2D eigenvalue weighted by Gasteiger charge is 2.07. The predicted octanol–water partition coefficient (Wildman–Crippen LogP) is 4.12. The van der Waals surface area contributed by atoms with E-state index in [0.717, 1.165) is 11.4 Å². The van der Waals surface area contributed by atoms with Crippen molar-refractivity contribution in [2.24, 2.45) is 0 Å². The Morgan fingerprint density at radius 2 is 1.41 bits per heavy atom. The van der Waals surface area contributed by atoms with Crippen molar-refractivity contribution in [2.75, 3.05) is 15.8 Å². The molecule has 2 aromatic rings. The summed E-state index contributed by atoms with van der Waals surface area (Å²) in [6.07, 6.45) is 0. The topological polar surface area (TPSA) is 58.2 Å². The molecule has 2 N–H and O–H groups in total. The van der Waals surface area contributed by atoms with Gasteiger partial charge in [-0.2, -0.15) is 0 Å². The molecule has 4 nitrogen and oxygen atoms in total. The molecule has 22 heavy (non-hydrogen) atoms. The molecular weight excluding hydrogens is 296 g/mol. The third-order valence-electron chi connectivity index (χ3n) is 3.48. The zero-order valence-corrected chi connectivity index (χ0v) is 14.2. The van der Waals surface area contributed by atoms with Crippen LogP contribution in [0.3, 0.4) is 0 Å². The van der Waals surface area contributed by atoms with E-state index in [-0.39, 0.29) is 5.75 Å². The van der Waals surface area contributed by atoms with Crippen LogP contribution in [0.4, 0.5) is 17.1 Å². The summed E-state index contributed by atoms with van der Waals surface area (Å²) in [7, 11) is -3.23. The molecule has 0 heterocycles. The van der Waals surface area contributed by atoms with Gasteiger partial charge in [0.2, 0.25) is 10.0 Å². The van der Waals surface area contributed by atoms with Crippen LogP contribution >= 0.6 is 0 Å². The van der Waals surface area contributed by atoms with Crippen LogP contribution in [0.2, 0.25) is 0 Å². The van der Waals surface area contributed by atoms with Crippen LogP contribution in [-0.2, 0) is 10.0 Å². The van der Waals surface area contributed by atoms with Crippen LogP contribution in [0.25, 0.3) is 0 Å². The first-order chi connectivity index (χ1) is 10.3. The highest BCUT2D eigenvalue weighted by atomic mass is 32.2. The SMILES string of the molecule is CCS(=O)(=O)Nc1ccc(Nc2c(C)cc(C)cc2C)cc1. The van der Waals surface area contributed by atoms with E-state index in [1.807, 2.05) is 12.1 Å². The van der Waals surface area contributed by atoms with Gasteiger partial charge in [0.1, 0.15) is 0 Å². The van der Waals surface area contributed by atoms with E-state index in [1.54, 1.807) is 19.1 Å². The summed E-state index contributed by atoms with van der Waals surface area (Å²) < 4.78 is 25.6. The summed E-state index contributed by atoms with van der Waals surface area (Å²) in [4.78, 5) is 0. The van der Waals surface area contributed by atoms with Crippen molar-refractivity contribution in [3.8, 4) is 0 Å². The second-order valence-corrected chi connectivity index (χ2v) is 7.49. The van der Waals surface area contributed by atoms with E-state index >= 15 is 0 Å². The summed E-state index contributed by atoms with van der Waals surface area (Å²) in [6, 6.07) is 11.5. The summed E-state index contributed by atoms with van der Waals surface area (Å²) in [5, 5.41) is 3.39. The maximum atomic E-state index is 11.5. The quantitative estimate of drug-likeness (QED) is 0.872. The second-order valence-electron chi connectivity index (χ2n) is 5.48. The lowest BCUT2D eigenvalue weighted by molar-refractivity contribution is 0.602. The molecule has 0 bridgehead atoms. The minimum Gasteiger partial charge on any atom is -0.355 e. The number of sulfonamides is 1.